The van der Waals surface area contributed by atoms with Crippen molar-refractivity contribution in [1.82, 2.24) is 0 Å². The summed E-state index contributed by atoms with van der Waals surface area (Å²) < 4.78 is 11.7. The van der Waals surface area contributed by atoms with Crippen molar-refractivity contribution in [2.24, 2.45) is 5.92 Å². The molecule has 0 fully saturated rings. The van der Waals surface area contributed by atoms with Crippen LogP contribution in [0.2, 0.25) is 0 Å². The Kier molecular flexibility index (Phi) is 5.20. The summed E-state index contributed by atoms with van der Waals surface area (Å²) in [5.41, 5.74) is 4.19. The maximum Gasteiger partial charge on any atom is 0.131 e. The topological polar surface area (TPSA) is 38.7 Å². The van der Waals surface area contributed by atoms with Crippen LogP contribution in [0.15, 0.2) is 24.3 Å². The van der Waals surface area contributed by atoms with E-state index in [2.05, 4.69) is 46.8 Å². The van der Waals surface area contributed by atoms with Gasteiger partial charge in [0.25, 0.3) is 0 Å². The second kappa shape index (κ2) is 6.79. The zero-order valence-corrected chi connectivity index (χ0v) is 15.1. The number of allylic oxidation sites excluding steroid dienone is 2. The minimum absolute atomic E-state index is 0.0276. The summed E-state index contributed by atoms with van der Waals surface area (Å²) in [7, 11) is 1.67. The highest BCUT2D eigenvalue weighted by Crippen LogP contribution is 2.44. The van der Waals surface area contributed by atoms with Crippen LogP contribution in [0.25, 0.3) is 11.1 Å². The second-order valence-corrected chi connectivity index (χ2v) is 6.77. The van der Waals surface area contributed by atoms with Crippen molar-refractivity contribution in [1.29, 1.82) is 0 Å². The monoisotopic (exact) mass is 316 g/mol. The highest BCUT2D eigenvalue weighted by atomic mass is 16.5. The quantitative estimate of drug-likeness (QED) is 0.856. The van der Waals surface area contributed by atoms with Crippen LogP contribution in [0, 0.1) is 5.92 Å². The van der Waals surface area contributed by atoms with Crippen LogP contribution < -0.4 is 9.47 Å². The Morgan fingerprint density at radius 2 is 2.04 bits per heavy atom. The Morgan fingerprint density at radius 3 is 2.57 bits per heavy atom. The highest BCUT2D eigenvalue weighted by Gasteiger charge is 2.29. The van der Waals surface area contributed by atoms with Gasteiger partial charge in [-0.3, -0.25) is 0 Å². The fourth-order valence-corrected chi connectivity index (χ4v) is 3.09. The Balaban J connectivity index is 2.67. The van der Waals surface area contributed by atoms with E-state index in [4.69, 9.17) is 9.47 Å². The molecule has 0 bridgehead atoms. The Bertz CT molecular complexity index is 637. The second-order valence-electron chi connectivity index (χ2n) is 6.77. The van der Waals surface area contributed by atoms with Gasteiger partial charge in [-0.2, -0.15) is 0 Å². The van der Waals surface area contributed by atoms with Crippen LogP contribution in [-0.2, 0) is 0 Å². The molecule has 3 nitrogen and oxygen atoms in total. The first-order chi connectivity index (χ1) is 10.8. The third-order valence-corrected chi connectivity index (χ3v) is 4.18. The van der Waals surface area contributed by atoms with E-state index in [1.807, 2.05) is 12.1 Å². The average molecular weight is 316 g/mol. The Morgan fingerprint density at radius 1 is 1.35 bits per heavy atom. The summed E-state index contributed by atoms with van der Waals surface area (Å²) in [5.74, 6) is 2.05. The van der Waals surface area contributed by atoms with E-state index in [0.717, 1.165) is 34.6 Å². The molecule has 1 aromatic rings. The van der Waals surface area contributed by atoms with E-state index in [9.17, 15) is 5.11 Å². The molecule has 0 aliphatic carbocycles. The lowest BCUT2D eigenvalue weighted by Gasteiger charge is -2.33. The van der Waals surface area contributed by atoms with Gasteiger partial charge in [0, 0.05) is 17.2 Å². The molecule has 1 aliphatic rings. The zero-order chi connectivity index (χ0) is 17.2. The number of aliphatic hydroxyl groups excluding tert-OH is 1. The molecule has 1 aromatic carbocycles. The predicted molar refractivity (Wildman–Crippen MR) is 95.9 cm³/mol. The van der Waals surface area contributed by atoms with E-state index in [1.54, 1.807) is 7.11 Å². The lowest BCUT2D eigenvalue weighted by Crippen LogP contribution is -2.29. The molecule has 0 spiro atoms. The molecule has 0 saturated carbocycles. The predicted octanol–water partition coefficient (Wildman–Crippen LogP) is 4.69. The first kappa shape index (κ1) is 17.6. The number of rotatable bonds is 5. The maximum absolute atomic E-state index is 9.29. The number of fused-ring (bicyclic) bond motifs is 1. The molecule has 3 heteroatoms. The van der Waals surface area contributed by atoms with Crippen LogP contribution >= 0.6 is 0 Å². The van der Waals surface area contributed by atoms with Crippen LogP contribution in [0.3, 0.4) is 0 Å². The van der Waals surface area contributed by atoms with Crippen molar-refractivity contribution in [3.05, 3.63) is 35.4 Å². The van der Waals surface area contributed by atoms with Crippen LogP contribution in [0.5, 0.6) is 11.5 Å². The van der Waals surface area contributed by atoms with Crippen LogP contribution in [0.1, 0.15) is 52.2 Å². The molecule has 0 atom stereocenters. The summed E-state index contributed by atoms with van der Waals surface area (Å²) in [6.07, 6.45) is 4.89. The molecule has 0 saturated heterocycles. The summed E-state index contributed by atoms with van der Waals surface area (Å²) in [4.78, 5) is 0. The minimum atomic E-state index is -0.326. The molecule has 126 valence electrons. The molecule has 2 rings (SSSR count). The van der Waals surface area contributed by atoms with Gasteiger partial charge in [-0.1, -0.05) is 26.8 Å². The summed E-state index contributed by atoms with van der Waals surface area (Å²) in [6.45, 7) is 10.7. The van der Waals surface area contributed by atoms with Crippen LogP contribution in [-0.4, -0.2) is 24.4 Å². The standard InChI is InChI=1S/C20H28O3/c1-7-14(8-9-21)15-10-16-17(13(2)3)12-20(4,5)23-19(16)11-18(15)22-6/h8,10-13,21H,7,9H2,1-6H3/b14-8+. The van der Waals surface area contributed by atoms with Gasteiger partial charge in [-0.25, -0.2) is 0 Å². The van der Waals surface area contributed by atoms with Crippen molar-refractivity contribution < 1.29 is 14.6 Å². The summed E-state index contributed by atoms with van der Waals surface area (Å²) in [5, 5.41) is 9.29. The summed E-state index contributed by atoms with van der Waals surface area (Å²) >= 11 is 0. The van der Waals surface area contributed by atoms with Gasteiger partial charge in [0.2, 0.25) is 0 Å². The number of aliphatic hydroxyl groups is 1. The van der Waals surface area contributed by atoms with Gasteiger partial charge in [-0.15, -0.1) is 0 Å². The van der Waals surface area contributed by atoms with Gasteiger partial charge in [0.05, 0.1) is 13.7 Å². The number of hydrogen-bond donors (Lipinski definition) is 1. The van der Waals surface area contributed by atoms with Gasteiger partial charge in [0.15, 0.2) is 0 Å². The molecule has 0 amide bonds. The zero-order valence-electron chi connectivity index (χ0n) is 15.1. The van der Waals surface area contributed by atoms with Crippen molar-refractivity contribution in [2.45, 2.75) is 46.6 Å². The van der Waals surface area contributed by atoms with Gasteiger partial charge >= 0.3 is 0 Å². The Labute approximate surface area is 139 Å². The van der Waals surface area contributed by atoms with Gasteiger partial charge in [-0.05, 0) is 49.5 Å². The first-order valence-corrected chi connectivity index (χ1v) is 8.27. The number of benzene rings is 1. The number of methoxy groups -OCH3 is 1. The van der Waals surface area contributed by atoms with Gasteiger partial charge < -0.3 is 14.6 Å². The molecule has 1 aliphatic heterocycles. The highest BCUT2D eigenvalue weighted by molar-refractivity contribution is 5.81. The molecule has 1 N–H and O–H groups in total. The lowest BCUT2D eigenvalue weighted by molar-refractivity contribution is 0.156. The van der Waals surface area contributed by atoms with Crippen LogP contribution in [0.4, 0.5) is 0 Å². The fraction of sp³-hybridized carbons (Fsp3) is 0.500. The van der Waals surface area contributed by atoms with E-state index in [1.165, 1.54) is 5.57 Å². The van der Waals surface area contributed by atoms with Crippen molar-refractivity contribution in [3.8, 4) is 11.5 Å². The molecular formula is C20H28O3. The van der Waals surface area contributed by atoms with Crippen molar-refractivity contribution >= 4 is 11.1 Å². The molecule has 0 aromatic heterocycles. The van der Waals surface area contributed by atoms with E-state index in [0.29, 0.717) is 5.92 Å². The largest absolute Gasteiger partial charge is 0.496 e. The molecular weight excluding hydrogens is 288 g/mol. The van der Waals surface area contributed by atoms with Crippen molar-refractivity contribution in [2.75, 3.05) is 13.7 Å². The third-order valence-electron chi connectivity index (χ3n) is 4.18. The molecule has 0 radical (unpaired) electrons. The van der Waals surface area contributed by atoms with E-state index < -0.39 is 0 Å². The lowest BCUT2D eigenvalue weighted by atomic mass is 9.86. The number of ether oxygens (including phenoxy) is 2. The smallest absolute Gasteiger partial charge is 0.131 e. The minimum Gasteiger partial charge on any atom is -0.496 e. The van der Waals surface area contributed by atoms with E-state index in [-0.39, 0.29) is 12.2 Å². The number of hydrogen-bond acceptors (Lipinski definition) is 3. The van der Waals surface area contributed by atoms with Crippen molar-refractivity contribution in [3.63, 3.8) is 0 Å². The first-order valence-electron chi connectivity index (χ1n) is 8.27. The fourth-order valence-electron chi connectivity index (χ4n) is 3.09. The summed E-state index contributed by atoms with van der Waals surface area (Å²) in [6, 6.07) is 4.11. The molecule has 1 heterocycles. The normalized spacial score (nSPS) is 16.7. The van der Waals surface area contributed by atoms with Gasteiger partial charge in [0.1, 0.15) is 17.1 Å². The SMILES string of the molecule is CC/C(=C\CO)c1cc2c(cc1OC)OC(C)(C)C=C2C(C)C. The molecule has 0 unspecified atom stereocenters. The molecule has 23 heavy (non-hydrogen) atoms. The average Bonchev–Trinajstić information content (AvgIpc) is 2.49. The Hall–Kier alpha value is -1.74. The van der Waals surface area contributed by atoms with E-state index >= 15 is 0 Å². The third kappa shape index (κ3) is 3.61. The maximum atomic E-state index is 9.29.